The van der Waals surface area contributed by atoms with Gasteiger partial charge in [0.1, 0.15) is 5.75 Å². The van der Waals surface area contributed by atoms with Gasteiger partial charge in [0.15, 0.2) is 0 Å². The van der Waals surface area contributed by atoms with Gasteiger partial charge in [0.05, 0.1) is 29.4 Å². The smallest absolute Gasteiger partial charge is 0.273 e. The number of hydrogen-bond acceptors (Lipinski definition) is 6. The van der Waals surface area contributed by atoms with E-state index in [9.17, 15) is 10.1 Å². The van der Waals surface area contributed by atoms with E-state index in [1.54, 1.807) is 24.3 Å². The third-order valence-electron chi connectivity index (χ3n) is 2.76. The summed E-state index contributed by atoms with van der Waals surface area (Å²) in [6.45, 7) is 0. The van der Waals surface area contributed by atoms with E-state index >= 15 is 0 Å². The largest absolute Gasteiger partial charge is 0.495 e. The standard InChI is InChI=1S/C14H12N4O3/c1-21-14-4-9(8-15)2-3-13(14)17-11-5-10(16)6-12(7-11)18(19)20/h2-7,17H,16H2,1H3. The summed E-state index contributed by atoms with van der Waals surface area (Å²) in [7, 11) is 1.48. The lowest BCUT2D eigenvalue weighted by atomic mass is 10.2. The predicted octanol–water partition coefficient (Wildman–Crippen LogP) is 2.80. The van der Waals surface area contributed by atoms with Crippen molar-refractivity contribution < 1.29 is 9.66 Å². The van der Waals surface area contributed by atoms with Crippen LogP contribution in [0.5, 0.6) is 5.75 Å². The first kappa shape index (κ1) is 14.1. The average Bonchev–Trinajstić information content (AvgIpc) is 2.47. The lowest BCUT2D eigenvalue weighted by Gasteiger charge is -2.11. The molecule has 21 heavy (non-hydrogen) atoms. The van der Waals surface area contributed by atoms with Crippen LogP contribution in [0.4, 0.5) is 22.7 Å². The summed E-state index contributed by atoms with van der Waals surface area (Å²) >= 11 is 0. The molecule has 0 fully saturated rings. The number of nitro benzene ring substituents is 1. The van der Waals surface area contributed by atoms with Crippen LogP contribution in [-0.4, -0.2) is 12.0 Å². The Morgan fingerprint density at radius 1 is 1.33 bits per heavy atom. The first-order valence-corrected chi connectivity index (χ1v) is 5.93. The van der Waals surface area contributed by atoms with Gasteiger partial charge in [-0.1, -0.05) is 0 Å². The van der Waals surface area contributed by atoms with Gasteiger partial charge < -0.3 is 15.8 Å². The highest BCUT2D eigenvalue weighted by Gasteiger charge is 2.10. The maximum absolute atomic E-state index is 10.8. The Kier molecular flexibility index (Phi) is 3.90. The van der Waals surface area contributed by atoms with E-state index in [0.29, 0.717) is 22.7 Å². The molecular weight excluding hydrogens is 272 g/mol. The SMILES string of the molecule is COc1cc(C#N)ccc1Nc1cc(N)cc([N+](=O)[O-])c1. The molecule has 0 aliphatic carbocycles. The molecule has 7 heteroatoms. The van der Waals surface area contributed by atoms with Crippen LogP contribution < -0.4 is 15.8 Å². The summed E-state index contributed by atoms with van der Waals surface area (Å²) in [6.07, 6.45) is 0. The van der Waals surface area contributed by atoms with Gasteiger partial charge in [-0.2, -0.15) is 5.26 Å². The molecule has 0 amide bonds. The van der Waals surface area contributed by atoms with Crippen molar-refractivity contribution in [1.29, 1.82) is 5.26 Å². The summed E-state index contributed by atoms with van der Waals surface area (Å²) < 4.78 is 5.19. The Bertz CT molecular complexity index is 737. The first-order chi connectivity index (χ1) is 10.0. The van der Waals surface area contributed by atoms with E-state index in [-0.39, 0.29) is 11.4 Å². The highest BCUT2D eigenvalue weighted by Crippen LogP contribution is 2.31. The molecule has 2 aromatic carbocycles. The van der Waals surface area contributed by atoms with Crippen molar-refractivity contribution in [3.05, 3.63) is 52.1 Å². The quantitative estimate of drug-likeness (QED) is 0.507. The monoisotopic (exact) mass is 284 g/mol. The van der Waals surface area contributed by atoms with Crippen molar-refractivity contribution in [3.63, 3.8) is 0 Å². The predicted molar refractivity (Wildman–Crippen MR) is 78.5 cm³/mol. The maximum Gasteiger partial charge on any atom is 0.273 e. The van der Waals surface area contributed by atoms with Crippen molar-refractivity contribution in [1.82, 2.24) is 0 Å². The molecule has 0 aliphatic rings. The van der Waals surface area contributed by atoms with Crippen molar-refractivity contribution in [3.8, 4) is 11.8 Å². The molecule has 0 aliphatic heterocycles. The van der Waals surface area contributed by atoms with E-state index in [4.69, 9.17) is 15.7 Å². The molecule has 2 aromatic rings. The van der Waals surface area contributed by atoms with Gasteiger partial charge in [0.25, 0.3) is 5.69 Å². The Morgan fingerprint density at radius 2 is 2.10 bits per heavy atom. The molecular formula is C14H12N4O3. The maximum atomic E-state index is 10.8. The minimum atomic E-state index is -0.516. The second kappa shape index (κ2) is 5.79. The van der Waals surface area contributed by atoms with Crippen molar-refractivity contribution in [2.45, 2.75) is 0 Å². The van der Waals surface area contributed by atoms with Crippen LogP contribution in [0.2, 0.25) is 0 Å². The molecule has 0 unspecified atom stereocenters. The number of benzene rings is 2. The summed E-state index contributed by atoms with van der Waals surface area (Å²) in [5.41, 5.74) is 7.32. The fourth-order valence-electron chi connectivity index (χ4n) is 1.83. The third-order valence-corrected chi connectivity index (χ3v) is 2.76. The molecule has 0 saturated carbocycles. The van der Waals surface area contributed by atoms with E-state index in [0.717, 1.165) is 0 Å². The second-order valence-electron chi connectivity index (χ2n) is 4.22. The number of nitrogens with one attached hydrogen (secondary N) is 1. The number of nitrogens with two attached hydrogens (primary N) is 1. The van der Waals surface area contributed by atoms with Crippen molar-refractivity contribution >= 4 is 22.7 Å². The number of anilines is 3. The van der Waals surface area contributed by atoms with E-state index in [1.165, 1.54) is 19.2 Å². The van der Waals surface area contributed by atoms with Crippen LogP contribution in [0.3, 0.4) is 0 Å². The number of nitrogens with zero attached hydrogens (tertiary/aromatic N) is 2. The van der Waals surface area contributed by atoms with Gasteiger partial charge in [-0.25, -0.2) is 0 Å². The molecule has 0 atom stereocenters. The zero-order chi connectivity index (χ0) is 15.4. The van der Waals surface area contributed by atoms with Crippen molar-refractivity contribution in [2.75, 3.05) is 18.2 Å². The molecule has 3 N–H and O–H groups in total. The highest BCUT2D eigenvalue weighted by molar-refractivity contribution is 5.71. The van der Waals surface area contributed by atoms with Gasteiger partial charge in [0, 0.05) is 29.6 Å². The topological polar surface area (TPSA) is 114 Å². The summed E-state index contributed by atoms with van der Waals surface area (Å²) in [5, 5.41) is 22.7. The number of ether oxygens (including phenoxy) is 1. The fourth-order valence-corrected chi connectivity index (χ4v) is 1.83. The van der Waals surface area contributed by atoms with Crippen LogP contribution in [0.25, 0.3) is 0 Å². The van der Waals surface area contributed by atoms with Crippen LogP contribution >= 0.6 is 0 Å². The van der Waals surface area contributed by atoms with Crippen LogP contribution in [0.1, 0.15) is 5.56 Å². The number of rotatable bonds is 4. The van der Waals surface area contributed by atoms with Gasteiger partial charge in [-0.15, -0.1) is 0 Å². The molecule has 7 nitrogen and oxygen atoms in total. The summed E-state index contributed by atoms with van der Waals surface area (Å²) in [6, 6.07) is 11.1. The lowest BCUT2D eigenvalue weighted by molar-refractivity contribution is -0.384. The zero-order valence-corrected chi connectivity index (χ0v) is 11.2. The Balaban J connectivity index is 2.38. The van der Waals surface area contributed by atoms with Crippen LogP contribution in [0.15, 0.2) is 36.4 Å². The van der Waals surface area contributed by atoms with Crippen LogP contribution in [0, 0.1) is 21.4 Å². The lowest BCUT2D eigenvalue weighted by Crippen LogP contribution is -1.98. The number of hydrogen-bond donors (Lipinski definition) is 2. The van der Waals surface area contributed by atoms with Gasteiger partial charge in [-0.05, 0) is 18.2 Å². The van der Waals surface area contributed by atoms with Gasteiger partial charge >= 0.3 is 0 Å². The minimum Gasteiger partial charge on any atom is -0.495 e. The van der Waals surface area contributed by atoms with E-state index < -0.39 is 4.92 Å². The molecule has 0 bridgehead atoms. The Morgan fingerprint density at radius 3 is 2.71 bits per heavy atom. The minimum absolute atomic E-state index is 0.106. The third kappa shape index (κ3) is 3.19. The molecule has 0 spiro atoms. The molecule has 0 aromatic heterocycles. The first-order valence-electron chi connectivity index (χ1n) is 5.93. The number of non-ortho nitro benzene ring substituents is 1. The highest BCUT2D eigenvalue weighted by atomic mass is 16.6. The summed E-state index contributed by atoms with van der Waals surface area (Å²) in [4.78, 5) is 10.3. The van der Waals surface area contributed by atoms with E-state index in [1.807, 2.05) is 6.07 Å². The zero-order valence-electron chi connectivity index (χ0n) is 11.2. The number of nitro groups is 1. The second-order valence-corrected chi connectivity index (χ2v) is 4.22. The number of methoxy groups -OCH3 is 1. The summed E-state index contributed by atoms with van der Waals surface area (Å²) in [5.74, 6) is 0.458. The van der Waals surface area contributed by atoms with Gasteiger partial charge in [-0.3, -0.25) is 10.1 Å². The van der Waals surface area contributed by atoms with Crippen molar-refractivity contribution in [2.24, 2.45) is 0 Å². The number of nitrogen functional groups attached to an aromatic ring is 1. The van der Waals surface area contributed by atoms with Gasteiger partial charge in [0.2, 0.25) is 0 Å². The molecule has 106 valence electrons. The Labute approximate surface area is 120 Å². The molecule has 2 rings (SSSR count). The average molecular weight is 284 g/mol. The fraction of sp³-hybridized carbons (Fsp3) is 0.0714. The normalized spacial score (nSPS) is 9.71. The molecule has 0 saturated heterocycles. The molecule has 0 radical (unpaired) electrons. The Hall–Kier alpha value is -3.27. The van der Waals surface area contributed by atoms with Crippen LogP contribution in [-0.2, 0) is 0 Å². The molecule has 0 heterocycles. The van der Waals surface area contributed by atoms with E-state index in [2.05, 4.69) is 5.32 Å². The number of nitriles is 1.